The summed E-state index contributed by atoms with van der Waals surface area (Å²) in [5, 5.41) is 0. The highest BCUT2D eigenvalue weighted by atomic mass is 14.6. The van der Waals surface area contributed by atoms with Crippen LogP contribution in [-0.4, -0.2) is 0 Å². The largest absolute Gasteiger partial charge is 0.0710 e. The summed E-state index contributed by atoms with van der Waals surface area (Å²) in [5.41, 5.74) is 4.45. The van der Waals surface area contributed by atoms with Crippen LogP contribution in [0.3, 0.4) is 0 Å². The van der Waals surface area contributed by atoms with Crippen LogP contribution in [0.1, 0.15) is 78.6 Å². The smallest absolute Gasteiger partial charge is 0.0169 e. The Hall–Kier alpha value is -0.260. The second kappa shape index (κ2) is 4.62. The van der Waals surface area contributed by atoms with Crippen LogP contribution in [-0.2, 0) is 0 Å². The van der Waals surface area contributed by atoms with Gasteiger partial charge in [-0.1, -0.05) is 31.4 Å². The summed E-state index contributed by atoms with van der Waals surface area (Å²) < 4.78 is 0. The second-order valence-corrected chi connectivity index (χ2v) is 8.85. The molecule has 0 radical (unpaired) electrons. The van der Waals surface area contributed by atoms with Crippen molar-refractivity contribution in [3.05, 3.63) is 11.1 Å². The molecule has 0 N–H and O–H groups in total. The molecule has 0 nitrogen and oxygen atoms in total. The Morgan fingerprint density at radius 2 is 1.80 bits per heavy atom. The lowest BCUT2D eigenvalue weighted by atomic mass is 9.51. The fourth-order valence-electron chi connectivity index (χ4n) is 6.83. The maximum absolute atomic E-state index is 2.63. The van der Waals surface area contributed by atoms with Gasteiger partial charge < -0.3 is 0 Å². The van der Waals surface area contributed by atoms with Crippen LogP contribution in [0.15, 0.2) is 11.1 Å². The monoisotopic (exact) mass is 272 g/mol. The third kappa shape index (κ3) is 1.79. The molecule has 0 amide bonds. The molecular weight excluding hydrogens is 240 g/mol. The molecule has 112 valence electrons. The first-order chi connectivity index (χ1) is 9.60. The summed E-state index contributed by atoms with van der Waals surface area (Å²) in [7, 11) is 0. The van der Waals surface area contributed by atoms with E-state index in [2.05, 4.69) is 20.8 Å². The average molecular weight is 272 g/mol. The summed E-state index contributed by atoms with van der Waals surface area (Å²) in [4.78, 5) is 0. The molecule has 4 aliphatic rings. The fraction of sp³-hybridized carbons (Fsp3) is 0.900. The van der Waals surface area contributed by atoms with Gasteiger partial charge in [-0.3, -0.25) is 0 Å². The molecule has 0 aromatic rings. The molecule has 0 aromatic carbocycles. The quantitative estimate of drug-likeness (QED) is 0.476. The summed E-state index contributed by atoms with van der Waals surface area (Å²) in [6, 6.07) is 0. The van der Waals surface area contributed by atoms with Gasteiger partial charge in [0.2, 0.25) is 0 Å². The molecule has 20 heavy (non-hydrogen) atoms. The van der Waals surface area contributed by atoms with Crippen molar-refractivity contribution < 1.29 is 0 Å². The summed E-state index contributed by atoms with van der Waals surface area (Å²) in [6.45, 7) is 7.54. The zero-order valence-corrected chi connectivity index (χ0v) is 13.8. The second-order valence-electron chi connectivity index (χ2n) is 8.85. The maximum atomic E-state index is 2.63. The molecule has 3 fully saturated rings. The summed E-state index contributed by atoms with van der Waals surface area (Å²) >= 11 is 0. The number of hydrogen-bond acceptors (Lipinski definition) is 0. The number of rotatable bonds is 0. The van der Waals surface area contributed by atoms with Crippen LogP contribution in [0.4, 0.5) is 0 Å². The first kappa shape index (κ1) is 13.4. The van der Waals surface area contributed by atoms with Gasteiger partial charge in [0.1, 0.15) is 0 Å². The third-order valence-electron chi connectivity index (χ3n) is 8.14. The van der Waals surface area contributed by atoms with Gasteiger partial charge in [-0.25, -0.2) is 0 Å². The minimum atomic E-state index is 0.736. The molecule has 0 aliphatic heterocycles. The molecule has 0 aromatic heterocycles. The van der Waals surface area contributed by atoms with E-state index in [1.807, 2.05) is 5.57 Å². The van der Waals surface area contributed by atoms with Crippen molar-refractivity contribution in [2.75, 3.05) is 0 Å². The van der Waals surface area contributed by atoms with E-state index in [0.717, 1.165) is 35.0 Å². The molecule has 0 spiro atoms. The van der Waals surface area contributed by atoms with E-state index in [0.29, 0.717) is 0 Å². The van der Waals surface area contributed by atoms with Crippen molar-refractivity contribution in [3.8, 4) is 0 Å². The molecule has 6 atom stereocenters. The lowest BCUT2D eigenvalue weighted by Gasteiger charge is -2.53. The lowest BCUT2D eigenvalue weighted by Crippen LogP contribution is -2.44. The van der Waals surface area contributed by atoms with Gasteiger partial charge in [0, 0.05) is 0 Å². The molecule has 0 heteroatoms. The van der Waals surface area contributed by atoms with Crippen molar-refractivity contribution in [1.82, 2.24) is 0 Å². The van der Waals surface area contributed by atoms with E-state index in [1.54, 1.807) is 18.4 Å². The molecule has 0 bridgehead atoms. The van der Waals surface area contributed by atoms with Crippen LogP contribution < -0.4 is 0 Å². The topological polar surface area (TPSA) is 0 Å². The van der Waals surface area contributed by atoms with Gasteiger partial charge in [0.25, 0.3) is 0 Å². The highest BCUT2D eigenvalue weighted by molar-refractivity contribution is 5.25. The van der Waals surface area contributed by atoms with Crippen molar-refractivity contribution in [2.24, 2.45) is 35.0 Å². The molecular formula is C20H32. The van der Waals surface area contributed by atoms with E-state index in [9.17, 15) is 0 Å². The minimum absolute atomic E-state index is 0.736. The summed E-state index contributed by atoms with van der Waals surface area (Å²) in [6.07, 6.45) is 13.7. The molecule has 6 unspecified atom stereocenters. The normalized spacial score (nSPS) is 51.5. The SMILES string of the molecule is CC1=C2CCC3C(CCC4(C)CCCC34)C2CCC1C. The number of hydrogen-bond donors (Lipinski definition) is 0. The maximum Gasteiger partial charge on any atom is -0.0169 e. The van der Waals surface area contributed by atoms with Gasteiger partial charge in [-0.2, -0.15) is 0 Å². The van der Waals surface area contributed by atoms with Crippen LogP contribution >= 0.6 is 0 Å². The lowest BCUT2D eigenvalue weighted by molar-refractivity contribution is -0.00299. The molecule has 4 aliphatic carbocycles. The van der Waals surface area contributed by atoms with Gasteiger partial charge in [-0.05, 0) is 93.3 Å². The summed E-state index contributed by atoms with van der Waals surface area (Å²) in [5.74, 6) is 5.11. The standard InChI is InChI=1S/C20H32/c1-13-6-7-16-15(14(13)2)8-9-18-17(16)10-12-20(3)11-4-5-19(18)20/h13,16-19H,4-12H2,1-3H3. The molecule has 0 saturated heterocycles. The Kier molecular flexibility index (Phi) is 3.09. The predicted molar refractivity (Wildman–Crippen MR) is 85.5 cm³/mol. The zero-order valence-electron chi connectivity index (χ0n) is 13.8. The van der Waals surface area contributed by atoms with Gasteiger partial charge in [-0.15, -0.1) is 0 Å². The van der Waals surface area contributed by atoms with Gasteiger partial charge in [0.15, 0.2) is 0 Å². The number of fused-ring (bicyclic) bond motifs is 5. The van der Waals surface area contributed by atoms with E-state index in [1.165, 1.54) is 44.9 Å². The Bertz CT molecular complexity index is 431. The first-order valence-electron chi connectivity index (χ1n) is 9.30. The van der Waals surface area contributed by atoms with Crippen molar-refractivity contribution in [1.29, 1.82) is 0 Å². The molecule has 4 rings (SSSR count). The van der Waals surface area contributed by atoms with Crippen LogP contribution in [0.25, 0.3) is 0 Å². The van der Waals surface area contributed by atoms with E-state index >= 15 is 0 Å². The van der Waals surface area contributed by atoms with Crippen molar-refractivity contribution in [3.63, 3.8) is 0 Å². The van der Waals surface area contributed by atoms with E-state index < -0.39 is 0 Å². The predicted octanol–water partition coefficient (Wildman–Crippen LogP) is 5.98. The Morgan fingerprint density at radius 1 is 0.950 bits per heavy atom. The minimum Gasteiger partial charge on any atom is -0.0710 e. The Labute approximate surface area is 125 Å². The van der Waals surface area contributed by atoms with Crippen LogP contribution in [0.2, 0.25) is 0 Å². The zero-order chi connectivity index (χ0) is 13.9. The van der Waals surface area contributed by atoms with Crippen LogP contribution in [0, 0.1) is 35.0 Å². The molecule has 0 heterocycles. The highest BCUT2D eigenvalue weighted by Crippen LogP contribution is 2.62. The Balaban J connectivity index is 1.64. The highest BCUT2D eigenvalue weighted by Gasteiger charge is 2.52. The van der Waals surface area contributed by atoms with Crippen molar-refractivity contribution >= 4 is 0 Å². The molecule has 3 saturated carbocycles. The number of allylic oxidation sites excluding steroid dienone is 2. The van der Waals surface area contributed by atoms with Crippen LogP contribution in [0.5, 0.6) is 0 Å². The van der Waals surface area contributed by atoms with E-state index in [-0.39, 0.29) is 0 Å². The third-order valence-corrected chi connectivity index (χ3v) is 8.14. The van der Waals surface area contributed by atoms with E-state index in [4.69, 9.17) is 0 Å². The Morgan fingerprint density at radius 3 is 2.65 bits per heavy atom. The average Bonchev–Trinajstić information content (AvgIpc) is 2.84. The first-order valence-corrected chi connectivity index (χ1v) is 9.30. The van der Waals surface area contributed by atoms with Crippen molar-refractivity contribution in [2.45, 2.75) is 78.6 Å². The van der Waals surface area contributed by atoms with Gasteiger partial charge >= 0.3 is 0 Å². The fourth-order valence-corrected chi connectivity index (χ4v) is 6.83. The van der Waals surface area contributed by atoms with Gasteiger partial charge in [0.05, 0.1) is 0 Å².